The second-order valence-corrected chi connectivity index (χ2v) is 6.26. The van der Waals surface area contributed by atoms with Crippen molar-refractivity contribution in [2.24, 2.45) is 10.2 Å². The van der Waals surface area contributed by atoms with E-state index < -0.39 is 6.17 Å². The molecule has 2 aliphatic heterocycles. The Bertz CT molecular complexity index is 443. The monoisotopic (exact) mass is 311 g/mol. The minimum Gasteiger partial charge on any atom is -0.353 e. The Hall–Kier alpha value is -1.50. The van der Waals surface area contributed by atoms with Crippen LogP contribution in [0.4, 0.5) is 4.39 Å². The van der Waals surface area contributed by atoms with Gasteiger partial charge in [0.25, 0.3) is 0 Å². The summed E-state index contributed by atoms with van der Waals surface area (Å²) in [5.41, 5.74) is 0. The number of azo groups is 1. The van der Waals surface area contributed by atoms with Crippen molar-refractivity contribution in [2.45, 2.75) is 45.4 Å². The predicted molar refractivity (Wildman–Crippen MR) is 83.2 cm³/mol. The van der Waals surface area contributed by atoms with Gasteiger partial charge in [0.05, 0.1) is 12.6 Å². The van der Waals surface area contributed by atoms with Crippen LogP contribution in [0.25, 0.3) is 0 Å². The van der Waals surface area contributed by atoms with Gasteiger partial charge in [0.2, 0.25) is 5.91 Å². The summed E-state index contributed by atoms with van der Waals surface area (Å²) in [5, 5.41) is 11.1. The molecule has 0 saturated carbocycles. The maximum absolute atomic E-state index is 13.6. The number of alkyl halides is 1. The van der Waals surface area contributed by atoms with Gasteiger partial charge < -0.3 is 10.2 Å². The number of nitrogens with zero attached hydrogens (tertiary/aromatic N) is 4. The zero-order valence-corrected chi connectivity index (χ0v) is 13.6. The van der Waals surface area contributed by atoms with Gasteiger partial charge in [-0.1, -0.05) is 0 Å². The maximum Gasteiger partial charge on any atom is 0.234 e. The molecule has 0 aromatic carbocycles. The van der Waals surface area contributed by atoms with Crippen molar-refractivity contribution in [3.8, 4) is 0 Å². The lowest BCUT2D eigenvalue weighted by molar-refractivity contribution is -0.123. The first-order chi connectivity index (χ1) is 10.5. The Morgan fingerprint density at radius 2 is 2.09 bits per heavy atom. The Labute approximate surface area is 131 Å². The lowest BCUT2D eigenvalue weighted by Crippen LogP contribution is -2.49. The molecule has 1 saturated heterocycles. The Kier molecular flexibility index (Phi) is 5.88. The highest BCUT2D eigenvalue weighted by Crippen LogP contribution is 2.20. The Morgan fingerprint density at radius 1 is 1.41 bits per heavy atom. The van der Waals surface area contributed by atoms with Crippen LogP contribution in [-0.4, -0.2) is 66.7 Å². The van der Waals surface area contributed by atoms with Crippen LogP contribution >= 0.6 is 0 Å². The molecule has 0 aliphatic carbocycles. The largest absolute Gasteiger partial charge is 0.353 e. The van der Waals surface area contributed by atoms with Crippen LogP contribution in [0.15, 0.2) is 22.1 Å². The van der Waals surface area contributed by atoms with Crippen LogP contribution in [0.3, 0.4) is 0 Å². The number of halogens is 1. The summed E-state index contributed by atoms with van der Waals surface area (Å²) < 4.78 is 13.6. The van der Waals surface area contributed by atoms with Crippen LogP contribution in [0.2, 0.25) is 0 Å². The third-order valence-electron chi connectivity index (χ3n) is 3.90. The lowest BCUT2D eigenvalue weighted by Gasteiger charge is -2.35. The first kappa shape index (κ1) is 16.9. The number of carbonyl (C=O) groups is 1. The van der Waals surface area contributed by atoms with E-state index in [1.54, 1.807) is 6.92 Å². The standard InChI is InChI=1S/C15H26FN5O/c1-11(2)17-15(22)10-20-6-8-21(9-7-20)14-5-4-13(16)12(3)18-19-14/h5,11-13H,4,6-10H2,1-3H3,(H,17,22). The van der Waals surface area contributed by atoms with Gasteiger partial charge in [-0.05, 0) is 26.8 Å². The molecule has 0 aromatic rings. The van der Waals surface area contributed by atoms with Gasteiger partial charge >= 0.3 is 0 Å². The summed E-state index contributed by atoms with van der Waals surface area (Å²) in [6.07, 6.45) is 1.24. The Morgan fingerprint density at radius 3 is 2.73 bits per heavy atom. The van der Waals surface area contributed by atoms with Crippen LogP contribution in [0.1, 0.15) is 27.2 Å². The van der Waals surface area contributed by atoms with Crippen LogP contribution in [0.5, 0.6) is 0 Å². The second kappa shape index (κ2) is 7.67. The minimum atomic E-state index is -0.956. The molecule has 1 amide bonds. The first-order valence-corrected chi connectivity index (χ1v) is 7.97. The molecule has 0 bridgehead atoms. The number of carbonyl (C=O) groups excluding carboxylic acids is 1. The summed E-state index contributed by atoms with van der Waals surface area (Å²) in [4.78, 5) is 16.0. The molecule has 2 unspecified atom stereocenters. The van der Waals surface area contributed by atoms with Gasteiger partial charge in [-0.2, -0.15) is 5.11 Å². The fourth-order valence-corrected chi connectivity index (χ4v) is 2.58. The third kappa shape index (κ3) is 4.76. The number of nitrogens with one attached hydrogen (secondary N) is 1. The number of rotatable bonds is 4. The van der Waals surface area contributed by atoms with Gasteiger partial charge in [-0.15, -0.1) is 5.11 Å². The molecule has 0 radical (unpaired) electrons. The maximum atomic E-state index is 13.6. The van der Waals surface area contributed by atoms with E-state index in [1.807, 2.05) is 19.9 Å². The smallest absolute Gasteiger partial charge is 0.234 e. The number of allylic oxidation sites excluding steroid dienone is 1. The molecule has 6 nitrogen and oxygen atoms in total. The van der Waals surface area contributed by atoms with Gasteiger partial charge in [-0.3, -0.25) is 9.69 Å². The van der Waals surface area contributed by atoms with Gasteiger partial charge in [0.15, 0.2) is 0 Å². The number of hydrogen-bond acceptors (Lipinski definition) is 5. The zero-order chi connectivity index (χ0) is 16.1. The van der Waals surface area contributed by atoms with Crippen molar-refractivity contribution < 1.29 is 9.18 Å². The van der Waals surface area contributed by atoms with Gasteiger partial charge in [-0.25, -0.2) is 4.39 Å². The van der Waals surface area contributed by atoms with E-state index in [9.17, 15) is 9.18 Å². The molecule has 2 rings (SSSR count). The summed E-state index contributed by atoms with van der Waals surface area (Å²) >= 11 is 0. The van der Waals surface area contributed by atoms with E-state index in [-0.39, 0.29) is 18.0 Å². The number of amides is 1. The molecular weight excluding hydrogens is 285 g/mol. The number of piperazine rings is 1. The second-order valence-electron chi connectivity index (χ2n) is 6.26. The molecule has 0 aromatic heterocycles. The SMILES string of the molecule is CC(C)NC(=O)CN1CCN(C2=CCC(F)C(C)N=N2)CC1. The van der Waals surface area contributed by atoms with E-state index in [0.717, 1.165) is 32.0 Å². The first-order valence-electron chi connectivity index (χ1n) is 7.97. The van der Waals surface area contributed by atoms with Gasteiger partial charge in [0.1, 0.15) is 12.0 Å². The average Bonchev–Trinajstić information content (AvgIpc) is 2.62. The molecule has 1 N–H and O–H groups in total. The normalized spacial score (nSPS) is 26.8. The van der Waals surface area contributed by atoms with Crippen molar-refractivity contribution >= 4 is 5.91 Å². The van der Waals surface area contributed by atoms with Crippen LogP contribution in [0, 0.1) is 0 Å². The predicted octanol–water partition coefficient (Wildman–Crippen LogP) is 1.55. The molecule has 0 spiro atoms. The molecule has 1 fully saturated rings. The summed E-state index contributed by atoms with van der Waals surface area (Å²) in [7, 11) is 0. The quantitative estimate of drug-likeness (QED) is 0.857. The molecule has 2 aliphatic rings. The minimum absolute atomic E-state index is 0.0610. The highest BCUT2D eigenvalue weighted by Gasteiger charge is 2.23. The summed E-state index contributed by atoms with van der Waals surface area (Å²) in [6.45, 7) is 9.25. The summed E-state index contributed by atoms with van der Waals surface area (Å²) in [5.74, 6) is 0.823. The average molecular weight is 311 g/mol. The molecule has 22 heavy (non-hydrogen) atoms. The zero-order valence-electron chi connectivity index (χ0n) is 13.6. The molecular formula is C15H26FN5O. The van der Waals surface area contributed by atoms with E-state index in [0.29, 0.717) is 13.0 Å². The molecule has 7 heteroatoms. The molecule has 124 valence electrons. The molecule has 2 heterocycles. The van der Waals surface area contributed by atoms with Crippen molar-refractivity contribution in [3.63, 3.8) is 0 Å². The molecule has 2 atom stereocenters. The van der Waals surface area contributed by atoms with Crippen molar-refractivity contribution in [1.82, 2.24) is 15.1 Å². The van der Waals surface area contributed by atoms with Crippen molar-refractivity contribution in [3.05, 3.63) is 11.9 Å². The number of hydrogen-bond donors (Lipinski definition) is 1. The van der Waals surface area contributed by atoms with Gasteiger partial charge in [0, 0.05) is 38.6 Å². The highest BCUT2D eigenvalue weighted by atomic mass is 19.1. The van der Waals surface area contributed by atoms with Crippen LogP contribution < -0.4 is 5.32 Å². The van der Waals surface area contributed by atoms with Crippen molar-refractivity contribution in [2.75, 3.05) is 32.7 Å². The fourth-order valence-electron chi connectivity index (χ4n) is 2.58. The van der Waals surface area contributed by atoms with Crippen molar-refractivity contribution in [1.29, 1.82) is 0 Å². The van der Waals surface area contributed by atoms with E-state index >= 15 is 0 Å². The fraction of sp³-hybridized carbons (Fsp3) is 0.800. The van der Waals surface area contributed by atoms with E-state index in [4.69, 9.17) is 0 Å². The summed E-state index contributed by atoms with van der Waals surface area (Å²) in [6, 6.07) is -0.212. The van der Waals surface area contributed by atoms with E-state index in [2.05, 4.69) is 25.3 Å². The Balaban J connectivity index is 1.82. The highest BCUT2D eigenvalue weighted by molar-refractivity contribution is 5.78. The topological polar surface area (TPSA) is 60.3 Å². The third-order valence-corrected chi connectivity index (χ3v) is 3.90. The lowest BCUT2D eigenvalue weighted by atomic mass is 10.1. The van der Waals surface area contributed by atoms with E-state index in [1.165, 1.54) is 0 Å². The van der Waals surface area contributed by atoms with Crippen LogP contribution in [-0.2, 0) is 4.79 Å².